The van der Waals surface area contributed by atoms with Gasteiger partial charge in [0.25, 0.3) is 6.29 Å². The van der Waals surface area contributed by atoms with E-state index in [0.29, 0.717) is 23.9 Å². The molecule has 0 aromatic carbocycles. The number of ether oxygens (including phenoxy) is 4. The van der Waals surface area contributed by atoms with Crippen molar-refractivity contribution in [3.63, 3.8) is 0 Å². The highest BCUT2D eigenvalue weighted by molar-refractivity contribution is 5.71. The minimum atomic E-state index is -1.52. The van der Waals surface area contributed by atoms with E-state index in [-0.39, 0.29) is 32.2 Å². The van der Waals surface area contributed by atoms with Crippen molar-refractivity contribution in [2.75, 3.05) is 47.5 Å². The molecule has 456 valence electrons. The van der Waals surface area contributed by atoms with Crippen molar-refractivity contribution in [3.05, 3.63) is 85.1 Å². The summed E-state index contributed by atoms with van der Waals surface area (Å²) in [7, 11) is 5.97. The highest BCUT2D eigenvalue weighted by atomic mass is 16.7. The van der Waals surface area contributed by atoms with Gasteiger partial charge in [-0.2, -0.15) is 0 Å². The van der Waals surface area contributed by atoms with Crippen LogP contribution in [0.4, 0.5) is 0 Å². The third-order valence-electron chi connectivity index (χ3n) is 14.1. The van der Waals surface area contributed by atoms with Crippen LogP contribution in [-0.2, 0) is 33.3 Å². The number of carbonyl (C=O) groups excluding carboxylic acids is 2. The van der Waals surface area contributed by atoms with Crippen LogP contribution < -0.4 is 0 Å². The molecule has 0 saturated carbocycles. The van der Waals surface area contributed by atoms with Crippen LogP contribution in [0.2, 0.25) is 0 Å². The Bertz CT molecular complexity index is 1570. The van der Waals surface area contributed by atoms with E-state index >= 15 is 0 Å². The maximum absolute atomic E-state index is 12.9. The Morgan fingerprint density at radius 3 is 1.08 bits per heavy atom. The Hall–Kier alpha value is -3.53. The number of hydrogen-bond donors (Lipinski definition) is 1. The van der Waals surface area contributed by atoms with Crippen LogP contribution in [-0.4, -0.2) is 87.4 Å². The molecule has 2 atom stereocenters. The van der Waals surface area contributed by atoms with E-state index < -0.39 is 24.3 Å². The highest BCUT2D eigenvalue weighted by Gasteiger charge is 2.25. The lowest BCUT2D eigenvalue weighted by molar-refractivity contribution is -0.870. The summed E-state index contributed by atoms with van der Waals surface area (Å²) in [4.78, 5) is 37.6. The number of unbranched alkanes of at least 4 members (excludes halogenated alkanes) is 31. The SMILES string of the molecule is CC/C=C\C/C=C\C/C=C\C/C=C\C/C=C\CCCCCCCCCCCC(=O)OC(COC(=O)CCCCCCCCCCCCCCCCCCC/C=C\C/C=C\CCCCCCC)COC(OCC[N+](C)(C)C)C(=O)O. The van der Waals surface area contributed by atoms with Crippen molar-refractivity contribution in [1.29, 1.82) is 0 Å². The summed E-state index contributed by atoms with van der Waals surface area (Å²) < 4.78 is 23.0. The van der Waals surface area contributed by atoms with Gasteiger partial charge < -0.3 is 28.5 Å². The van der Waals surface area contributed by atoms with Gasteiger partial charge in [0.1, 0.15) is 13.2 Å². The molecule has 0 bridgehead atoms. The molecule has 79 heavy (non-hydrogen) atoms. The smallest absolute Gasteiger partial charge is 0.361 e. The van der Waals surface area contributed by atoms with E-state index in [1.807, 2.05) is 21.1 Å². The monoisotopic (exact) mass is 1110 g/mol. The van der Waals surface area contributed by atoms with Gasteiger partial charge in [0, 0.05) is 12.8 Å². The largest absolute Gasteiger partial charge is 0.477 e. The number of rotatable bonds is 60. The van der Waals surface area contributed by atoms with E-state index in [2.05, 4.69) is 98.9 Å². The van der Waals surface area contributed by atoms with Gasteiger partial charge in [-0.1, -0.05) is 266 Å². The molecule has 9 heteroatoms. The van der Waals surface area contributed by atoms with Crippen LogP contribution >= 0.6 is 0 Å². The number of nitrogens with zero attached hydrogens (tertiary/aromatic N) is 1. The van der Waals surface area contributed by atoms with Crippen LogP contribution in [0.3, 0.4) is 0 Å². The van der Waals surface area contributed by atoms with Crippen molar-refractivity contribution < 1.29 is 42.9 Å². The lowest BCUT2D eigenvalue weighted by Crippen LogP contribution is -2.40. The Kier molecular flexibility index (Phi) is 57.9. The van der Waals surface area contributed by atoms with Crippen molar-refractivity contribution in [2.24, 2.45) is 0 Å². The summed E-state index contributed by atoms with van der Waals surface area (Å²) in [6, 6.07) is 0. The van der Waals surface area contributed by atoms with Gasteiger partial charge in [-0.05, 0) is 89.9 Å². The zero-order valence-electron chi connectivity index (χ0n) is 52.0. The lowest BCUT2D eigenvalue weighted by atomic mass is 10.0. The number of carboxylic acids is 1. The zero-order valence-corrected chi connectivity index (χ0v) is 52.0. The molecule has 0 spiro atoms. The number of carboxylic acid groups (broad SMARTS) is 1. The maximum atomic E-state index is 12.9. The molecule has 9 nitrogen and oxygen atoms in total. The molecular weight excluding hydrogens is 983 g/mol. The Labute approximate surface area is 487 Å². The summed E-state index contributed by atoms with van der Waals surface area (Å²) in [5.74, 6) is -2.01. The predicted molar refractivity (Wildman–Crippen MR) is 336 cm³/mol. The molecule has 0 radical (unpaired) electrons. The first-order valence-electron chi connectivity index (χ1n) is 32.8. The maximum Gasteiger partial charge on any atom is 0.361 e. The van der Waals surface area contributed by atoms with Gasteiger partial charge >= 0.3 is 17.9 Å². The summed E-state index contributed by atoms with van der Waals surface area (Å²) in [5, 5.41) is 9.73. The molecule has 0 heterocycles. The fraction of sp³-hybridized carbons (Fsp3) is 0.757. The van der Waals surface area contributed by atoms with Crippen molar-refractivity contribution in [3.8, 4) is 0 Å². The van der Waals surface area contributed by atoms with Crippen LogP contribution in [0.1, 0.15) is 284 Å². The normalized spacial score (nSPS) is 13.3. The fourth-order valence-electron chi connectivity index (χ4n) is 9.13. The standard InChI is InChI=1S/C70H123NO8/c1-6-8-10-12-14-16-18-20-22-24-26-28-30-32-33-34-35-37-38-40-42-44-46-48-50-52-54-56-58-60-67(72)77-64-66(65-78-70(69(74)75)76-63-62-71(3,4)5)79-68(73)61-59-57-55-53-51-49-47-45-43-41-39-36-31-29-27-25-23-21-19-17-15-13-11-9-7-2/h9,11,15,17-18,20-21,23-24,26-27,29,36,39,66,70H,6-8,10,12-14,16,19,22,25,28,30-35,37-38,40-65H2,1-5H3/p+1/b11-9-,17-15-,20-18-,23-21-,26-24-,29-27-,39-36-. The lowest BCUT2D eigenvalue weighted by Gasteiger charge is -2.25. The third-order valence-corrected chi connectivity index (χ3v) is 14.1. The van der Waals surface area contributed by atoms with Crippen LogP contribution in [0.5, 0.6) is 0 Å². The summed E-state index contributed by atoms with van der Waals surface area (Å²) >= 11 is 0. The first kappa shape index (κ1) is 75.5. The first-order chi connectivity index (χ1) is 38.6. The number of allylic oxidation sites excluding steroid dienone is 14. The van der Waals surface area contributed by atoms with Crippen LogP contribution in [0, 0.1) is 0 Å². The molecule has 0 aliphatic carbocycles. The second-order valence-corrected chi connectivity index (χ2v) is 23.0. The second-order valence-electron chi connectivity index (χ2n) is 23.0. The number of hydrogen-bond acceptors (Lipinski definition) is 7. The summed E-state index contributed by atoms with van der Waals surface area (Å²) in [5.41, 5.74) is 0. The summed E-state index contributed by atoms with van der Waals surface area (Å²) in [6.45, 7) is 4.77. The van der Waals surface area contributed by atoms with Crippen LogP contribution in [0.15, 0.2) is 85.1 Å². The number of carbonyl (C=O) groups is 3. The molecule has 0 aliphatic heterocycles. The molecule has 0 aliphatic rings. The number of esters is 2. The first-order valence-corrected chi connectivity index (χ1v) is 32.8. The van der Waals surface area contributed by atoms with E-state index in [1.165, 1.54) is 167 Å². The average Bonchev–Trinajstić information content (AvgIpc) is 3.42. The molecule has 2 unspecified atom stereocenters. The second kappa shape index (κ2) is 60.6. The topological polar surface area (TPSA) is 108 Å². The van der Waals surface area contributed by atoms with Crippen molar-refractivity contribution in [2.45, 2.75) is 296 Å². The van der Waals surface area contributed by atoms with Crippen molar-refractivity contribution >= 4 is 17.9 Å². The van der Waals surface area contributed by atoms with Gasteiger partial charge in [-0.3, -0.25) is 9.59 Å². The minimum absolute atomic E-state index is 0.184. The summed E-state index contributed by atoms with van der Waals surface area (Å²) in [6.07, 6.45) is 78.2. The van der Waals surface area contributed by atoms with E-state index in [9.17, 15) is 19.5 Å². The van der Waals surface area contributed by atoms with Gasteiger partial charge in [0.2, 0.25) is 0 Å². The van der Waals surface area contributed by atoms with E-state index in [1.54, 1.807) is 0 Å². The molecule has 0 rings (SSSR count). The minimum Gasteiger partial charge on any atom is -0.477 e. The Morgan fingerprint density at radius 2 is 0.722 bits per heavy atom. The van der Waals surface area contributed by atoms with Crippen LogP contribution in [0.25, 0.3) is 0 Å². The van der Waals surface area contributed by atoms with Gasteiger partial charge in [-0.25, -0.2) is 4.79 Å². The average molecular weight is 1110 g/mol. The molecule has 0 aromatic rings. The van der Waals surface area contributed by atoms with E-state index in [4.69, 9.17) is 18.9 Å². The van der Waals surface area contributed by atoms with Gasteiger partial charge in [-0.15, -0.1) is 0 Å². The number of quaternary nitrogens is 1. The molecule has 0 amide bonds. The third kappa shape index (κ3) is 61.9. The molecular formula is C70H124NO8+. The quantitative estimate of drug-likeness (QED) is 0.0211. The fourth-order valence-corrected chi connectivity index (χ4v) is 9.13. The highest BCUT2D eigenvalue weighted by Crippen LogP contribution is 2.17. The van der Waals surface area contributed by atoms with E-state index in [0.717, 1.165) is 83.5 Å². The molecule has 0 fully saturated rings. The number of aliphatic carboxylic acids is 1. The Morgan fingerprint density at radius 1 is 0.392 bits per heavy atom. The molecule has 0 saturated heterocycles. The molecule has 1 N–H and O–H groups in total. The van der Waals surface area contributed by atoms with Crippen molar-refractivity contribution in [1.82, 2.24) is 0 Å². The van der Waals surface area contributed by atoms with Gasteiger partial charge in [0.15, 0.2) is 6.10 Å². The van der Waals surface area contributed by atoms with Gasteiger partial charge in [0.05, 0.1) is 34.4 Å². The zero-order chi connectivity index (χ0) is 57.6. The molecule has 0 aromatic heterocycles. The predicted octanol–water partition coefficient (Wildman–Crippen LogP) is 19.9. The number of likely N-dealkylation sites (N-methyl/N-ethyl adjacent to an activating group) is 1. The Balaban J connectivity index is 4.16.